The number of nitrogens with zero attached hydrogens (tertiary/aromatic N) is 2. The van der Waals surface area contributed by atoms with Crippen LogP contribution in [-0.4, -0.2) is 27.1 Å². The minimum absolute atomic E-state index is 0.0268. The van der Waals surface area contributed by atoms with Crippen molar-refractivity contribution in [3.05, 3.63) is 30.3 Å². The summed E-state index contributed by atoms with van der Waals surface area (Å²) in [5, 5.41) is 10.9. The third-order valence-corrected chi connectivity index (χ3v) is 5.47. The Kier molecular flexibility index (Phi) is 5.87. The Morgan fingerprint density at radius 2 is 2.00 bits per heavy atom. The fourth-order valence-electron chi connectivity index (χ4n) is 1.40. The molecule has 1 N–H and O–H groups in total. The molecule has 1 heterocycles. The number of carbonyl (C=O) groups is 1. The first kappa shape index (κ1) is 15.3. The molecule has 0 fully saturated rings. The van der Waals surface area contributed by atoms with Crippen molar-refractivity contribution in [1.29, 1.82) is 0 Å². The van der Waals surface area contributed by atoms with Gasteiger partial charge in [0.1, 0.15) is 0 Å². The van der Waals surface area contributed by atoms with Crippen LogP contribution in [0.3, 0.4) is 0 Å². The Labute approximate surface area is 130 Å². The summed E-state index contributed by atoms with van der Waals surface area (Å²) in [5.74, 6) is 0.949. The van der Waals surface area contributed by atoms with Gasteiger partial charge in [-0.2, -0.15) is 0 Å². The molecule has 1 atom stereocenters. The fraction of sp³-hybridized carbons (Fsp3) is 0.308. The number of nitrogens with one attached hydrogen (secondary N) is 1. The molecule has 1 amide bonds. The molecular formula is C13H15N3OS3. The van der Waals surface area contributed by atoms with Crippen LogP contribution in [0.2, 0.25) is 0 Å². The number of para-hydroxylation sites is 1. The van der Waals surface area contributed by atoms with Gasteiger partial charge in [0.25, 0.3) is 0 Å². The first-order valence-electron chi connectivity index (χ1n) is 6.18. The van der Waals surface area contributed by atoms with Crippen LogP contribution in [-0.2, 0) is 4.79 Å². The van der Waals surface area contributed by atoms with Crippen molar-refractivity contribution in [2.24, 2.45) is 0 Å². The van der Waals surface area contributed by atoms with Crippen molar-refractivity contribution in [1.82, 2.24) is 10.2 Å². The van der Waals surface area contributed by atoms with Crippen LogP contribution in [0.4, 0.5) is 5.69 Å². The van der Waals surface area contributed by atoms with E-state index in [0.717, 1.165) is 20.1 Å². The highest BCUT2D eigenvalue weighted by Crippen LogP contribution is 2.31. The maximum atomic E-state index is 12.1. The van der Waals surface area contributed by atoms with Gasteiger partial charge in [0.2, 0.25) is 5.91 Å². The summed E-state index contributed by atoms with van der Waals surface area (Å²) < 4.78 is 1.78. The lowest BCUT2D eigenvalue weighted by molar-refractivity contribution is -0.115. The van der Waals surface area contributed by atoms with Crippen molar-refractivity contribution in [2.75, 3.05) is 11.1 Å². The normalized spacial score (nSPS) is 12.1. The van der Waals surface area contributed by atoms with Gasteiger partial charge in [0.15, 0.2) is 8.68 Å². The zero-order chi connectivity index (χ0) is 14.4. The second-order valence-electron chi connectivity index (χ2n) is 3.88. The Balaban J connectivity index is 1.90. The molecule has 0 aliphatic carbocycles. The van der Waals surface area contributed by atoms with E-state index in [0.29, 0.717) is 0 Å². The smallest absolute Gasteiger partial charge is 0.237 e. The van der Waals surface area contributed by atoms with Crippen LogP contribution >= 0.6 is 34.9 Å². The number of hydrogen-bond acceptors (Lipinski definition) is 6. The van der Waals surface area contributed by atoms with E-state index >= 15 is 0 Å². The molecule has 0 spiro atoms. The minimum atomic E-state index is -0.206. The third kappa shape index (κ3) is 4.50. The molecule has 20 heavy (non-hydrogen) atoms. The molecule has 0 radical (unpaired) electrons. The zero-order valence-corrected chi connectivity index (χ0v) is 13.6. The van der Waals surface area contributed by atoms with Crippen molar-refractivity contribution in [3.8, 4) is 0 Å². The zero-order valence-electron chi connectivity index (χ0n) is 11.2. The number of aromatic nitrogens is 2. The van der Waals surface area contributed by atoms with Crippen LogP contribution in [0.5, 0.6) is 0 Å². The van der Waals surface area contributed by atoms with Gasteiger partial charge >= 0.3 is 0 Å². The molecular weight excluding hydrogens is 310 g/mol. The minimum Gasteiger partial charge on any atom is -0.325 e. The summed E-state index contributed by atoms with van der Waals surface area (Å²) in [7, 11) is 0. The first-order chi connectivity index (χ1) is 9.69. The Morgan fingerprint density at radius 3 is 2.70 bits per heavy atom. The number of anilines is 1. The third-order valence-electron chi connectivity index (χ3n) is 2.34. The second-order valence-corrected chi connectivity index (χ2v) is 7.96. The molecule has 1 unspecified atom stereocenters. The van der Waals surface area contributed by atoms with Crippen LogP contribution in [0, 0.1) is 0 Å². The fourth-order valence-corrected chi connectivity index (χ4v) is 4.46. The predicted molar refractivity (Wildman–Crippen MR) is 86.7 cm³/mol. The number of carbonyl (C=O) groups excluding carboxylic acids is 1. The van der Waals surface area contributed by atoms with Gasteiger partial charge in [-0.25, -0.2) is 0 Å². The lowest BCUT2D eigenvalue weighted by Gasteiger charge is -2.09. The molecule has 106 valence electrons. The Hall–Kier alpha value is -1.05. The van der Waals surface area contributed by atoms with Crippen molar-refractivity contribution >= 4 is 46.5 Å². The highest BCUT2D eigenvalue weighted by molar-refractivity contribution is 8.03. The van der Waals surface area contributed by atoms with Crippen molar-refractivity contribution < 1.29 is 4.79 Å². The lowest BCUT2D eigenvalue weighted by atomic mass is 10.3. The molecule has 0 saturated heterocycles. The summed E-state index contributed by atoms with van der Waals surface area (Å²) in [5.41, 5.74) is 0.810. The van der Waals surface area contributed by atoms with Crippen LogP contribution in [0.25, 0.3) is 0 Å². The highest BCUT2D eigenvalue weighted by Gasteiger charge is 2.17. The molecule has 2 rings (SSSR count). The number of thioether (sulfide) groups is 2. The molecule has 1 aromatic carbocycles. The van der Waals surface area contributed by atoms with E-state index in [-0.39, 0.29) is 11.2 Å². The van der Waals surface area contributed by atoms with E-state index in [1.54, 1.807) is 11.8 Å². The maximum absolute atomic E-state index is 12.1. The number of amides is 1. The Morgan fingerprint density at radius 1 is 1.30 bits per heavy atom. The molecule has 0 aliphatic rings. The maximum Gasteiger partial charge on any atom is 0.237 e. The number of rotatable bonds is 6. The number of hydrogen-bond donors (Lipinski definition) is 1. The van der Waals surface area contributed by atoms with E-state index in [1.807, 2.05) is 37.3 Å². The largest absolute Gasteiger partial charge is 0.325 e. The summed E-state index contributed by atoms with van der Waals surface area (Å²) in [6.45, 7) is 3.95. The monoisotopic (exact) mass is 325 g/mol. The molecule has 1 aromatic heterocycles. The van der Waals surface area contributed by atoms with Gasteiger partial charge in [-0.3, -0.25) is 4.79 Å². The van der Waals surface area contributed by atoms with E-state index in [9.17, 15) is 4.79 Å². The summed E-state index contributed by atoms with van der Waals surface area (Å²) >= 11 is 4.64. The second kappa shape index (κ2) is 7.66. The first-order valence-corrected chi connectivity index (χ1v) is 8.86. The molecule has 7 heteroatoms. The van der Waals surface area contributed by atoms with Crippen LogP contribution in [0.15, 0.2) is 39.0 Å². The summed E-state index contributed by atoms with van der Waals surface area (Å²) in [6.07, 6.45) is 0. The molecule has 0 aliphatic heterocycles. The number of benzene rings is 1. The summed E-state index contributed by atoms with van der Waals surface area (Å²) in [4.78, 5) is 12.1. The molecule has 2 aromatic rings. The Bertz CT molecular complexity index is 559. The van der Waals surface area contributed by atoms with E-state index in [4.69, 9.17) is 0 Å². The quantitative estimate of drug-likeness (QED) is 0.819. The summed E-state index contributed by atoms with van der Waals surface area (Å²) in [6, 6.07) is 9.45. The molecule has 0 bridgehead atoms. The van der Waals surface area contributed by atoms with E-state index in [1.165, 1.54) is 23.1 Å². The average molecular weight is 325 g/mol. The predicted octanol–water partition coefficient (Wildman–Crippen LogP) is 3.77. The van der Waals surface area contributed by atoms with E-state index in [2.05, 4.69) is 22.4 Å². The standard InChI is InChI=1S/C13H15N3OS3/c1-3-18-12-15-16-13(20-12)19-9(2)11(17)14-10-7-5-4-6-8-10/h4-9H,3H2,1-2H3,(H,14,17). The van der Waals surface area contributed by atoms with Gasteiger partial charge in [-0.1, -0.05) is 60.0 Å². The van der Waals surface area contributed by atoms with Gasteiger partial charge < -0.3 is 5.32 Å². The van der Waals surface area contributed by atoms with Gasteiger partial charge in [0.05, 0.1) is 5.25 Å². The van der Waals surface area contributed by atoms with Crippen LogP contribution < -0.4 is 5.32 Å². The average Bonchev–Trinajstić information content (AvgIpc) is 2.87. The van der Waals surface area contributed by atoms with Crippen molar-refractivity contribution in [2.45, 2.75) is 27.8 Å². The van der Waals surface area contributed by atoms with Crippen molar-refractivity contribution in [3.63, 3.8) is 0 Å². The lowest BCUT2D eigenvalue weighted by Crippen LogP contribution is -2.22. The van der Waals surface area contributed by atoms with Gasteiger partial charge in [-0.05, 0) is 24.8 Å². The van der Waals surface area contributed by atoms with E-state index < -0.39 is 0 Å². The molecule has 4 nitrogen and oxygen atoms in total. The SMILES string of the molecule is CCSc1nnc(SC(C)C(=O)Nc2ccccc2)s1. The van der Waals surface area contributed by atoms with Crippen LogP contribution in [0.1, 0.15) is 13.8 Å². The highest BCUT2D eigenvalue weighted by atomic mass is 32.2. The topological polar surface area (TPSA) is 54.9 Å². The van der Waals surface area contributed by atoms with Gasteiger partial charge in [0, 0.05) is 5.69 Å². The van der Waals surface area contributed by atoms with Gasteiger partial charge in [-0.15, -0.1) is 10.2 Å². The molecule has 0 saturated carbocycles.